The van der Waals surface area contributed by atoms with Gasteiger partial charge in [0.1, 0.15) is 0 Å². The second-order valence-electron chi connectivity index (χ2n) is 3.31. The number of hydrogen-bond acceptors (Lipinski definition) is 2. The topological polar surface area (TPSA) is 6.48 Å². The Balaban J connectivity index is 0.00000121. The second kappa shape index (κ2) is 7.91. The van der Waals surface area contributed by atoms with E-state index in [1.807, 2.05) is 0 Å². The Morgan fingerprint density at radius 3 is 2.25 bits per heavy atom. The molecule has 12 heavy (non-hydrogen) atoms. The van der Waals surface area contributed by atoms with Crippen LogP contribution in [-0.2, 0) is 0 Å². The van der Waals surface area contributed by atoms with E-state index in [0.717, 1.165) is 13.1 Å². The molecule has 0 bridgehead atoms. The van der Waals surface area contributed by atoms with Crippen LogP contribution in [0.25, 0.3) is 0 Å². The fourth-order valence-electron chi connectivity index (χ4n) is 1.39. The van der Waals surface area contributed by atoms with Crippen molar-refractivity contribution in [3.05, 3.63) is 7.05 Å². The van der Waals surface area contributed by atoms with E-state index in [4.69, 9.17) is 0 Å². The molecule has 1 fully saturated rings. The first-order valence-corrected chi connectivity index (χ1v) is 4.60. The molecule has 66 valence electrons. The standard InChI is InChI=1S/C9H19N2.K/c1-3-4-5-11-8-6-10(2)7-9-11;/h2-9H2,1H3;/q-1;+1. The number of unbranched alkanes of at least 4 members (excludes halogenated alkanes) is 1. The van der Waals surface area contributed by atoms with E-state index >= 15 is 0 Å². The minimum absolute atomic E-state index is 0. The summed E-state index contributed by atoms with van der Waals surface area (Å²) in [6, 6.07) is 0. The van der Waals surface area contributed by atoms with Gasteiger partial charge in [-0.2, -0.15) is 0 Å². The Morgan fingerprint density at radius 1 is 1.17 bits per heavy atom. The van der Waals surface area contributed by atoms with Crippen LogP contribution in [0.15, 0.2) is 0 Å². The molecule has 3 heteroatoms. The summed E-state index contributed by atoms with van der Waals surface area (Å²) >= 11 is 0. The fourth-order valence-corrected chi connectivity index (χ4v) is 1.39. The van der Waals surface area contributed by atoms with Crippen LogP contribution < -0.4 is 51.4 Å². The minimum Gasteiger partial charge on any atom is -0.457 e. The molecule has 1 aliphatic rings. The molecule has 0 aromatic rings. The third-order valence-electron chi connectivity index (χ3n) is 2.29. The molecular weight excluding hydrogens is 175 g/mol. The fraction of sp³-hybridized carbons (Fsp3) is 0.889. The maximum Gasteiger partial charge on any atom is 1.00 e. The van der Waals surface area contributed by atoms with Crippen LogP contribution in [-0.4, -0.2) is 42.5 Å². The summed E-state index contributed by atoms with van der Waals surface area (Å²) < 4.78 is 0. The van der Waals surface area contributed by atoms with Crippen molar-refractivity contribution in [2.75, 3.05) is 32.7 Å². The van der Waals surface area contributed by atoms with Gasteiger partial charge >= 0.3 is 51.4 Å². The molecule has 0 aliphatic carbocycles. The van der Waals surface area contributed by atoms with Crippen LogP contribution in [0, 0.1) is 7.05 Å². The maximum atomic E-state index is 3.92. The number of nitrogens with zero attached hydrogens (tertiary/aromatic N) is 2. The molecule has 0 amide bonds. The summed E-state index contributed by atoms with van der Waals surface area (Å²) in [6.45, 7) is 8.24. The predicted octanol–water partition coefficient (Wildman–Crippen LogP) is -1.80. The molecule has 0 atom stereocenters. The Hall–Kier alpha value is 1.56. The first-order chi connectivity index (χ1) is 5.33. The minimum atomic E-state index is 0. The number of hydrogen-bond donors (Lipinski definition) is 0. The monoisotopic (exact) mass is 194 g/mol. The molecule has 0 N–H and O–H groups in total. The zero-order chi connectivity index (χ0) is 8.10. The first-order valence-electron chi connectivity index (χ1n) is 4.60. The van der Waals surface area contributed by atoms with E-state index < -0.39 is 0 Å². The third-order valence-corrected chi connectivity index (χ3v) is 2.29. The van der Waals surface area contributed by atoms with E-state index in [1.54, 1.807) is 0 Å². The van der Waals surface area contributed by atoms with Gasteiger partial charge in [-0.3, -0.25) is 7.05 Å². The van der Waals surface area contributed by atoms with Gasteiger partial charge < -0.3 is 9.80 Å². The van der Waals surface area contributed by atoms with Crippen molar-refractivity contribution in [3.8, 4) is 0 Å². The Kier molecular flexibility index (Phi) is 8.94. The van der Waals surface area contributed by atoms with E-state index in [9.17, 15) is 0 Å². The molecule has 0 spiro atoms. The normalized spacial score (nSPS) is 20.5. The third kappa shape index (κ3) is 5.32. The summed E-state index contributed by atoms with van der Waals surface area (Å²) in [4.78, 5) is 4.69. The van der Waals surface area contributed by atoms with Gasteiger partial charge in [0.15, 0.2) is 0 Å². The Morgan fingerprint density at radius 2 is 1.75 bits per heavy atom. The van der Waals surface area contributed by atoms with Crippen molar-refractivity contribution in [2.24, 2.45) is 0 Å². The van der Waals surface area contributed by atoms with Gasteiger partial charge in [0, 0.05) is 13.1 Å². The smallest absolute Gasteiger partial charge is 0.457 e. The molecule has 1 heterocycles. The molecule has 0 aromatic heterocycles. The van der Waals surface area contributed by atoms with Crippen molar-refractivity contribution in [1.82, 2.24) is 9.80 Å². The molecular formula is C9H19KN2. The largest absolute Gasteiger partial charge is 1.00 e. The van der Waals surface area contributed by atoms with Crippen LogP contribution in [0.5, 0.6) is 0 Å². The van der Waals surface area contributed by atoms with E-state index in [2.05, 4.69) is 23.8 Å². The van der Waals surface area contributed by atoms with Crippen molar-refractivity contribution in [1.29, 1.82) is 0 Å². The van der Waals surface area contributed by atoms with Gasteiger partial charge in [-0.15, -0.1) is 0 Å². The molecule has 1 saturated heterocycles. The molecule has 0 saturated carbocycles. The molecule has 0 radical (unpaired) electrons. The molecule has 0 aromatic carbocycles. The van der Waals surface area contributed by atoms with Gasteiger partial charge in [0.05, 0.1) is 0 Å². The van der Waals surface area contributed by atoms with Gasteiger partial charge in [-0.1, -0.05) is 13.3 Å². The quantitative estimate of drug-likeness (QED) is 0.386. The first kappa shape index (κ1) is 13.6. The summed E-state index contributed by atoms with van der Waals surface area (Å²) in [5.74, 6) is 0. The van der Waals surface area contributed by atoms with Gasteiger partial charge in [0.2, 0.25) is 0 Å². The second-order valence-corrected chi connectivity index (χ2v) is 3.31. The Labute approximate surface area is 119 Å². The summed E-state index contributed by atoms with van der Waals surface area (Å²) in [7, 11) is 3.92. The van der Waals surface area contributed by atoms with Crippen molar-refractivity contribution < 1.29 is 51.4 Å². The average molecular weight is 194 g/mol. The number of piperazine rings is 1. The average Bonchev–Trinajstić information content (AvgIpc) is 2.04. The zero-order valence-corrected chi connectivity index (χ0v) is 11.7. The van der Waals surface area contributed by atoms with Crippen molar-refractivity contribution in [3.63, 3.8) is 0 Å². The SMILES string of the molecule is [CH2-]N1CCN(CCCC)CC1.[K+]. The predicted molar refractivity (Wildman–Crippen MR) is 48.3 cm³/mol. The van der Waals surface area contributed by atoms with E-state index in [-0.39, 0.29) is 51.4 Å². The van der Waals surface area contributed by atoms with Crippen LogP contribution >= 0.6 is 0 Å². The molecule has 0 unspecified atom stereocenters. The van der Waals surface area contributed by atoms with E-state index in [1.165, 1.54) is 32.5 Å². The Bertz CT molecular complexity index is 97.9. The van der Waals surface area contributed by atoms with Crippen LogP contribution in [0.1, 0.15) is 19.8 Å². The van der Waals surface area contributed by atoms with Gasteiger partial charge in [-0.25, -0.2) is 0 Å². The van der Waals surface area contributed by atoms with Crippen molar-refractivity contribution in [2.45, 2.75) is 19.8 Å². The maximum absolute atomic E-state index is 3.92. The summed E-state index contributed by atoms with van der Waals surface area (Å²) in [5, 5.41) is 0. The zero-order valence-electron chi connectivity index (χ0n) is 8.55. The van der Waals surface area contributed by atoms with Gasteiger partial charge in [0.25, 0.3) is 0 Å². The molecule has 1 aliphatic heterocycles. The number of rotatable bonds is 3. The summed E-state index contributed by atoms with van der Waals surface area (Å²) in [6.07, 6.45) is 2.65. The van der Waals surface area contributed by atoms with Crippen LogP contribution in [0.3, 0.4) is 0 Å². The van der Waals surface area contributed by atoms with E-state index in [0.29, 0.717) is 0 Å². The molecule has 1 rings (SSSR count). The van der Waals surface area contributed by atoms with Crippen molar-refractivity contribution >= 4 is 0 Å². The van der Waals surface area contributed by atoms with Gasteiger partial charge in [-0.05, 0) is 26.1 Å². The summed E-state index contributed by atoms with van der Waals surface area (Å²) in [5.41, 5.74) is 0. The van der Waals surface area contributed by atoms with Crippen LogP contribution in [0.4, 0.5) is 0 Å². The molecule has 2 nitrogen and oxygen atoms in total. The van der Waals surface area contributed by atoms with Crippen LogP contribution in [0.2, 0.25) is 0 Å².